The van der Waals surface area contributed by atoms with E-state index in [4.69, 9.17) is 4.74 Å². The molecule has 2 aliphatic rings. The lowest BCUT2D eigenvalue weighted by molar-refractivity contribution is -0.274. The number of rotatable bonds is 4. The molecule has 1 unspecified atom stereocenters. The standard InChI is InChI=1S/C24H25F4N5O3/c25-18-13-30-22-17(12-19(31-22)20-14-29-7-10-35-20)21(18)33(23(34)32-8-2-1-3-9-32)15-5-4-6-16(11-15)36-24(26,27)28/h4-6,11-13,20,29H,1-3,7-10,14H2,(H,30,31). The van der Waals surface area contributed by atoms with Gasteiger partial charge in [0.2, 0.25) is 0 Å². The number of benzene rings is 1. The Morgan fingerprint density at radius 3 is 2.72 bits per heavy atom. The number of hydrogen-bond donors (Lipinski definition) is 2. The number of amides is 2. The number of piperidine rings is 1. The summed E-state index contributed by atoms with van der Waals surface area (Å²) in [5, 5.41) is 3.53. The summed E-state index contributed by atoms with van der Waals surface area (Å²) in [6, 6.07) is 6.10. The highest BCUT2D eigenvalue weighted by molar-refractivity contribution is 6.07. The predicted octanol–water partition coefficient (Wildman–Crippen LogP) is 5.01. The molecule has 12 heteroatoms. The van der Waals surface area contributed by atoms with E-state index < -0.39 is 24.0 Å². The van der Waals surface area contributed by atoms with Crippen molar-refractivity contribution in [3.05, 3.63) is 48.0 Å². The van der Waals surface area contributed by atoms with Crippen molar-refractivity contribution in [2.24, 2.45) is 0 Å². The molecule has 8 nitrogen and oxygen atoms in total. The molecule has 2 fully saturated rings. The van der Waals surface area contributed by atoms with E-state index in [1.54, 1.807) is 11.0 Å². The summed E-state index contributed by atoms with van der Waals surface area (Å²) in [5.74, 6) is -1.30. The summed E-state index contributed by atoms with van der Waals surface area (Å²) >= 11 is 0. The number of aromatic nitrogens is 2. The Bertz CT molecular complexity index is 1240. The van der Waals surface area contributed by atoms with Gasteiger partial charge in [0.25, 0.3) is 0 Å². The van der Waals surface area contributed by atoms with Crippen LogP contribution in [0.15, 0.2) is 36.5 Å². The fraction of sp³-hybridized carbons (Fsp3) is 0.417. The molecule has 4 heterocycles. The van der Waals surface area contributed by atoms with Gasteiger partial charge in [0, 0.05) is 43.3 Å². The first kappa shape index (κ1) is 24.3. The van der Waals surface area contributed by atoms with E-state index in [0.717, 1.165) is 42.5 Å². The number of nitrogens with zero attached hydrogens (tertiary/aromatic N) is 3. The number of carbonyl (C=O) groups is 1. The van der Waals surface area contributed by atoms with E-state index in [-0.39, 0.29) is 17.5 Å². The highest BCUT2D eigenvalue weighted by atomic mass is 19.4. The number of ether oxygens (including phenoxy) is 2. The second-order valence-corrected chi connectivity index (χ2v) is 8.72. The number of H-pyrrole nitrogens is 1. The largest absolute Gasteiger partial charge is 0.573 e. The Hall–Kier alpha value is -3.38. The van der Waals surface area contributed by atoms with Gasteiger partial charge in [0.1, 0.15) is 17.5 Å². The van der Waals surface area contributed by atoms with Gasteiger partial charge in [-0.05, 0) is 37.5 Å². The highest BCUT2D eigenvalue weighted by Crippen LogP contribution is 2.38. The third-order valence-corrected chi connectivity index (χ3v) is 6.23. The number of nitrogens with one attached hydrogen (secondary N) is 2. The average molecular weight is 507 g/mol. The van der Waals surface area contributed by atoms with Crippen molar-refractivity contribution in [2.75, 3.05) is 37.7 Å². The highest BCUT2D eigenvalue weighted by Gasteiger charge is 2.33. The van der Waals surface area contributed by atoms with Crippen LogP contribution >= 0.6 is 0 Å². The van der Waals surface area contributed by atoms with Crippen molar-refractivity contribution in [2.45, 2.75) is 31.7 Å². The number of likely N-dealkylation sites (tertiary alicyclic amines) is 1. The zero-order valence-corrected chi connectivity index (χ0v) is 19.3. The number of aromatic amines is 1. The average Bonchev–Trinajstić information content (AvgIpc) is 3.30. The van der Waals surface area contributed by atoms with Gasteiger partial charge in [0.05, 0.1) is 24.2 Å². The number of pyridine rings is 1. The molecule has 0 spiro atoms. The van der Waals surface area contributed by atoms with Gasteiger partial charge in [-0.2, -0.15) is 0 Å². The molecule has 2 amide bonds. The Morgan fingerprint density at radius 2 is 2.00 bits per heavy atom. The molecule has 0 aliphatic carbocycles. The van der Waals surface area contributed by atoms with Crippen molar-refractivity contribution in [3.63, 3.8) is 0 Å². The van der Waals surface area contributed by atoms with E-state index in [9.17, 15) is 18.0 Å². The number of hydrogen-bond acceptors (Lipinski definition) is 5. The smallest absolute Gasteiger partial charge is 0.406 e. The lowest BCUT2D eigenvalue weighted by Gasteiger charge is -2.33. The molecule has 2 aliphatic heterocycles. The van der Waals surface area contributed by atoms with E-state index in [0.29, 0.717) is 49.5 Å². The van der Waals surface area contributed by atoms with Gasteiger partial charge in [-0.15, -0.1) is 13.2 Å². The van der Waals surface area contributed by atoms with Gasteiger partial charge in [-0.3, -0.25) is 4.90 Å². The Kier molecular flexibility index (Phi) is 6.71. The summed E-state index contributed by atoms with van der Waals surface area (Å²) in [6.07, 6.45) is -1.72. The van der Waals surface area contributed by atoms with E-state index >= 15 is 4.39 Å². The molecule has 0 bridgehead atoms. The summed E-state index contributed by atoms with van der Waals surface area (Å²) in [5.41, 5.74) is 0.911. The van der Waals surface area contributed by atoms with Crippen molar-refractivity contribution in [3.8, 4) is 5.75 Å². The van der Waals surface area contributed by atoms with Crippen LogP contribution in [-0.4, -0.2) is 60.0 Å². The molecule has 0 saturated carbocycles. The SMILES string of the molecule is O=C(N1CCCCC1)N(c1cccc(OC(F)(F)F)c1)c1c(F)cnc2[nH]c(C3CNCCO3)cc12. The number of alkyl halides is 3. The number of carbonyl (C=O) groups excluding carboxylic acids is 1. The van der Waals surface area contributed by atoms with E-state index in [2.05, 4.69) is 20.0 Å². The first-order valence-corrected chi connectivity index (χ1v) is 11.7. The number of urea groups is 1. The summed E-state index contributed by atoms with van der Waals surface area (Å²) in [7, 11) is 0. The maximum Gasteiger partial charge on any atom is 0.573 e. The second kappa shape index (κ2) is 9.94. The fourth-order valence-electron chi connectivity index (χ4n) is 4.60. The minimum Gasteiger partial charge on any atom is -0.406 e. The van der Waals surface area contributed by atoms with Crippen LogP contribution < -0.4 is 15.0 Å². The Morgan fingerprint density at radius 1 is 1.19 bits per heavy atom. The third kappa shape index (κ3) is 5.09. The Labute approximate surface area is 204 Å². The van der Waals surface area contributed by atoms with Crippen LogP contribution in [0.4, 0.5) is 33.7 Å². The summed E-state index contributed by atoms with van der Waals surface area (Å²) < 4.78 is 64.0. The van der Waals surface area contributed by atoms with Crippen molar-refractivity contribution >= 4 is 28.4 Å². The third-order valence-electron chi connectivity index (χ3n) is 6.23. The van der Waals surface area contributed by atoms with Crippen molar-refractivity contribution in [1.29, 1.82) is 0 Å². The maximum atomic E-state index is 15.5. The molecule has 2 saturated heterocycles. The molecule has 36 heavy (non-hydrogen) atoms. The minimum absolute atomic E-state index is 0.0389. The number of anilines is 2. The summed E-state index contributed by atoms with van der Waals surface area (Å²) in [6.45, 7) is 2.68. The number of fused-ring (bicyclic) bond motifs is 1. The van der Waals surface area contributed by atoms with Crippen molar-refractivity contribution in [1.82, 2.24) is 20.2 Å². The number of morpholine rings is 1. The van der Waals surface area contributed by atoms with Crippen LogP contribution in [0.5, 0.6) is 5.75 Å². The minimum atomic E-state index is -4.92. The normalized spacial score (nSPS) is 18.9. The van der Waals surface area contributed by atoms with Gasteiger partial charge in [0.15, 0.2) is 5.82 Å². The van der Waals surface area contributed by atoms with E-state index in [1.165, 1.54) is 12.1 Å². The molecule has 192 valence electrons. The van der Waals surface area contributed by atoms with Crippen LogP contribution in [-0.2, 0) is 4.74 Å². The second-order valence-electron chi connectivity index (χ2n) is 8.72. The molecule has 3 aromatic rings. The lowest BCUT2D eigenvalue weighted by Crippen LogP contribution is -2.44. The van der Waals surface area contributed by atoms with Gasteiger partial charge < -0.3 is 24.7 Å². The first-order chi connectivity index (χ1) is 17.3. The molecular formula is C24H25F4N5O3. The fourth-order valence-corrected chi connectivity index (χ4v) is 4.60. The van der Waals surface area contributed by atoms with Crippen molar-refractivity contribution < 1.29 is 31.8 Å². The van der Waals surface area contributed by atoms with Crippen LogP contribution in [0, 0.1) is 5.82 Å². The summed E-state index contributed by atoms with van der Waals surface area (Å²) in [4.78, 5) is 23.7. The van der Waals surface area contributed by atoms with Crippen LogP contribution in [0.25, 0.3) is 11.0 Å². The first-order valence-electron chi connectivity index (χ1n) is 11.7. The molecule has 2 aromatic heterocycles. The van der Waals surface area contributed by atoms with Crippen LogP contribution in [0.1, 0.15) is 31.1 Å². The van der Waals surface area contributed by atoms with Crippen LogP contribution in [0.2, 0.25) is 0 Å². The van der Waals surface area contributed by atoms with Gasteiger partial charge >= 0.3 is 12.4 Å². The molecule has 0 radical (unpaired) electrons. The maximum absolute atomic E-state index is 15.5. The zero-order chi connectivity index (χ0) is 25.3. The molecule has 1 atom stereocenters. The number of halogens is 4. The molecule has 5 rings (SSSR count). The predicted molar refractivity (Wildman–Crippen MR) is 124 cm³/mol. The molecule has 1 aromatic carbocycles. The monoisotopic (exact) mass is 507 g/mol. The molecular weight excluding hydrogens is 482 g/mol. The Balaban J connectivity index is 1.63. The lowest BCUT2D eigenvalue weighted by atomic mass is 10.1. The molecule has 2 N–H and O–H groups in total. The van der Waals surface area contributed by atoms with Crippen LogP contribution in [0.3, 0.4) is 0 Å². The van der Waals surface area contributed by atoms with Gasteiger partial charge in [-0.1, -0.05) is 6.07 Å². The quantitative estimate of drug-likeness (QED) is 0.486. The topological polar surface area (TPSA) is 82.7 Å². The zero-order valence-electron chi connectivity index (χ0n) is 19.3. The van der Waals surface area contributed by atoms with E-state index in [1.807, 2.05) is 0 Å². The van der Waals surface area contributed by atoms with Gasteiger partial charge in [-0.25, -0.2) is 14.2 Å².